The van der Waals surface area contributed by atoms with Crippen LogP contribution in [-0.4, -0.2) is 80.4 Å². The molecule has 0 bridgehead atoms. The Morgan fingerprint density at radius 3 is 2.50 bits per heavy atom. The molecule has 3 N–H and O–H groups in total. The molecule has 30 heavy (non-hydrogen) atoms. The molecule has 1 aromatic rings. The van der Waals surface area contributed by atoms with E-state index >= 15 is 0 Å². The van der Waals surface area contributed by atoms with Crippen LogP contribution in [0.4, 0.5) is 0 Å². The van der Waals surface area contributed by atoms with Gasteiger partial charge in [-0.15, -0.1) is 24.0 Å². The van der Waals surface area contributed by atoms with Crippen molar-refractivity contribution in [1.29, 1.82) is 0 Å². The second-order valence-corrected chi connectivity index (χ2v) is 7.53. The van der Waals surface area contributed by atoms with Gasteiger partial charge in [-0.2, -0.15) is 0 Å². The van der Waals surface area contributed by atoms with Crippen molar-refractivity contribution in [1.82, 2.24) is 25.8 Å². The summed E-state index contributed by atoms with van der Waals surface area (Å²) < 4.78 is 0. The summed E-state index contributed by atoms with van der Waals surface area (Å²) in [5.74, 6) is 0.570. The number of amides is 2. The lowest BCUT2D eigenvalue weighted by Gasteiger charge is -2.26. The predicted octanol–water partition coefficient (Wildman–Crippen LogP) is 1.03. The van der Waals surface area contributed by atoms with E-state index in [0.29, 0.717) is 25.2 Å². The first-order valence-electron chi connectivity index (χ1n) is 10.5. The molecule has 166 valence electrons. The summed E-state index contributed by atoms with van der Waals surface area (Å²) in [5.41, 5.74) is 1.67. The average molecular weight is 528 g/mol. The monoisotopic (exact) mass is 528 g/mol. The maximum atomic E-state index is 12.5. The molecule has 2 fully saturated rings. The molecule has 2 aliphatic rings. The van der Waals surface area contributed by atoms with Gasteiger partial charge in [0, 0.05) is 45.3 Å². The van der Waals surface area contributed by atoms with E-state index in [-0.39, 0.29) is 42.3 Å². The van der Waals surface area contributed by atoms with Crippen LogP contribution in [0.3, 0.4) is 0 Å². The molecule has 0 aliphatic carbocycles. The van der Waals surface area contributed by atoms with Crippen molar-refractivity contribution < 1.29 is 9.59 Å². The number of carbonyl (C=O) groups excluding carboxylic acids is 2. The van der Waals surface area contributed by atoms with Crippen molar-refractivity contribution >= 4 is 41.8 Å². The van der Waals surface area contributed by atoms with E-state index in [0.717, 1.165) is 24.6 Å². The molecule has 0 spiro atoms. The third-order valence-corrected chi connectivity index (χ3v) is 5.38. The Kier molecular flexibility index (Phi) is 10.4. The number of nitrogens with one attached hydrogen (secondary N) is 3. The van der Waals surface area contributed by atoms with Crippen LogP contribution in [0.15, 0.2) is 29.3 Å². The van der Waals surface area contributed by atoms with E-state index in [4.69, 9.17) is 0 Å². The summed E-state index contributed by atoms with van der Waals surface area (Å²) >= 11 is 0. The normalized spacial score (nSPS) is 17.7. The lowest BCUT2D eigenvalue weighted by Crippen LogP contribution is -2.49. The largest absolute Gasteiger partial charge is 0.355 e. The summed E-state index contributed by atoms with van der Waals surface area (Å²) in [6.07, 6.45) is 3.96. The first-order valence-corrected chi connectivity index (χ1v) is 10.5. The van der Waals surface area contributed by atoms with Gasteiger partial charge in [-0.05, 0) is 43.6 Å². The van der Waals surface area contributed by atoms with Crippen LogP contribution in [0.25, 0.3) is 0 Å². The number of hydrogen-bond acceptors (Lipinski definition) is 4. The Labute approximate surface area is 195 Å². The van der Waals surface area contributed by atoms with Gasteiger partial charge in [0.25, 0.3) is 5.91 Å². The smallest absolute Gasteiger partial charge is 0.254 e. The second kappa shape index (κ2) is 12.7. The number of piperazine rings is 1. The molecule has 0 radical (unpaired) electrons. The first-order chi connectivity index (χ1) is 14.2. The van der Waals surface area contributed by atoms with Crippen LogP contribution in [-0.2, 0) is 11.3 Å². The Morgan fingerprint density at radius 2 is 1.83 bits per heavy atom. The van der Waals surface area contributed by atoms with E-state index in [9.17, 15) is 9.59 Å². The van der Waals surface area contributed by atoms with E-state index in [1.54, 1.807) is 11.9 Å². The fourth-order valence-electron chi connectivity index (χ4n) is 3.68. The number of likely N-dealkylation sites (tertiary alicyclic amines) is 1. The summed E-state index contributed by atoms with van der Waals surface area (Å²) in [5, 5.41) is 9.41. The van der Waals surface area contributed by atoms with Crippen molar-refractivity contribution in [3.8, 4) is 0 Å². The molecule has 1 aromatic carbocycles. The molecule has 0 unspecified atom stereocenters. The SMILES string of the molecule is CN=C(NCCN1CCCCC1)NCc1ccc(C(=O)N2CCNC(=O)C2)cc1.I. The van der Waals surface area contributed by atoms with Gasteiger partial charge >= 0.3 is 0 Å². The summed E-state index contributed by atoms with van der Waals surface area (Å²) in [6, 6.07) is 7.51. The average Bonchev–Trinajstić information content (AvgIpc) is 2.76. The zero-order valence-corrected chi connectivity index (χ0v) is 20.0. The highest BCUT2D eigenvalue weighted by Gasteiger charge is 2.22. The van der Waals surface area contributed by atoms with Crippen molar-refractivity contribution in [3.05, 3.63) is 35.4 Å². The minimum absolute atomic E-state index is 0. The highest BCUT2D eigenvalue weighted by molar-refractivity contribution is 14.0. The third-order valence-electron chi connectivity index (χ3n) is 5.38. The standard InChI is InChI=1S/C21H32N6O2.HI/c1-22-21(24-9-13-26-11-3-2-4-12-26)25-15-17-5-7-18(8-6-17)20(29)27-14-10-23-19(28)16-27;/h5-8H,2-4,9-16H2,1H3,(H,23,28)(H2,22,24,25);1H. The van der Waals surface area contributed by atoms with Crippen LogP contribution in [0.2, 0.25) is 0 Å². The molecule has 2 saturated heterocycles. The number of carbonyl (C=O) groups is 2. The van der Waals surface area contributed by atoms with E-state index in [1.165, 1.54) is 32.4 Å². The van der Waals surface area contributed by atoms with Crippen LogP contribution < -0.4 is 16.0 Å². The van der Waals surface area contributed by atoms with Gasteiger partial charge in [-0.1, -0.05) is 18.6 Å². The third kappa shape index (κ3) is 7.42. The molecule has 2 aliphatic heterocycles. The fraction of sp³-hybridized carbons (Fsp3) is 0.571. The highest BCUT2D eigenvalue weighted by Crippen LogP contribution is 2.09. The number of rotatable bonds is 6. The first kappa shape index (κ1) is 24.4. The van der Waals surface area contributed by atoms with Crippen molar-refractivity contribution in [2.24, 2.45) is 4.99 Å². The molecular formula is C21H33IN6O2. The lowest BCUT2D eigenvalue weighted by molar-refractivity contribution is -0.123. The van der Waals surface area contributed by atoms with E-state index in [1.807, 2.05) is 24.3 Å². The summed E-state index contributed by atoms with van der Waals surface area (Å²) in [4.78, 5) is 32.3. The van der Waals surface area contributed by atoms with Gasteiger partial charge in [0.1, 0.15) is 0 Å². The molecule has 0 saturated carbocycles. The van der Waals surface area contributed by atoms with Gasteiger partial charge in [0.05, 0.1) is 6.54 Å². The molecule has 9 heteroatoms. The topological polar surface area (TPSA) is 89.1 Å². The van der Waals surface area contributed by atoms with Gasteiger partial charge < -0.3 is 25.8 Å². The summed E-state index contributed by atoms with van der Waals surface area (Å²) in [6.45, 7) is 6.11. The highest BCUT2D eigenvalue weighted by atomic mass is 127. The lowest BCUT2D eigenvalue weighted by atomic mass is 10.1. The minimum Gasteiger partial charge on any atom is -0.355 e. The van der Waals surface area contributed by atoms with Crippen molar-refractivity contribution in [3.63, 3.8) is 0 Å². The summed E-state index contributed by atoms with van der Waals surface area (Å²) in [7, 11) is 1.77. The molecule has 3 rings (SSSR count). The zero-order chi connectivity index (χ0) is 20.5. The van der Waals surface area contributed by atoms with Crippen LogP contribution in [0.5, 0.6) is 0 Å². The number of halogens is 1. The van der Waals surface area contributed by atoms with Crippen LogP contribution >= 0.6 is 24.0 Å². The van der Waals surface area contributed by atoms with E-state index < -0.39 is 0 Å². The zero-order valence-electron chi connectivity index (χ0n) is 17.7. The van der Waals surface area contributed by atoms with Crippen molar-refractivity contribution in [2.45, 2.75) is 25.8 Å². The predicted molar refractivity (Wildman–Crippen MR) is 129 cm³/mol. The molecule has 0 aromatic heterocycles. The number of guanidine groups is 1. The molecular weight excluding hydrogens is 495 g/mol. The number of aliphatic imine (C=N–C) groups is 1. The molecule has 2 heterocycles. The second-order valence-electron chi connectivity index (χ2n) is 7.53. The molecule has 2 amide bonds. The minimum atomic E-state index is -0.107. The van der Waals surface area contributed by atoms with Crippen LogP contribution in [0.1, 0.15) is 35.2 Å². The van der Waals surface area contributed by atoms with Gasteiger partial charge in [0.15, 0.2) is 5.96 Å². The number of benzene rings is 1. The number of nitrogens with zero attached hydrogens (tertiary/aromatic N) is 3. The molecule has 8 nitrogen and oxygen atoms in total. The van der Waals surface area contributed by atoms with Crippen molar-refractivity contribution in [2.75, 3.05) is 52.9 Å². The Hall–Kier alpha value is -1.88. The number of hydrogen-bond donors (Lipinski definition) is 3. The van der Waals surface area contributed by atoms with Gasteiger partial charge in [-0.25, -0.2) is 0 Å². The maximum absolute atomic E-state index is 12.5. The van der Waals surface area contributed by atoms with Crippen LogP contribution in [0, 0.1) is 0 Å². The van der Waals surface area contributed by atoms with E-state index in [2.05, 4.69) is 25.8 Å². The Bertz CT molecular complexity index is 719. The molecule has 0 atom stereocenters. The van der Waals surface area contributed by atoms with Gasteiger partial charge in [0.2, 0.25) is 5.91 Å². The number of piperidine rings is 1. The van der Waals surface area contributed by atoms with Gasteiger partial charge in [-0.3, -0.25) is 14.6 Å². The Morgan fingerprint density at radius 1 is 1.10 bits per heavy atom. The Balaban J connectivity index is 0.00000320. The maximum Gasteiger partial charge on any atom is 0.254 e. The fourth-order valence-corrected chi connectivity index (χ4v) is 3.68. The quantitative estimate of drug-likeness (QED) is 0.292.